The molecule has 2 rings (SSSR count). The van der Waals surface area contributed by atoms with Crippen LogP contribution in [0.4, 0.5) is 17.6 Å². The lowest BCUT2D eigenvalue weighted by molar-refractivity contribution is -0.224. The number of hydrogen-bond acceptors (Lipinski definition) is 2. The fraction of sp³-hybridized carbons (Fsp3) is 0.455. The standard InChI is InChI=1S/C11H9BrF4O2/c12-8-3-6(1-2-9(8)13)10(11(14,15)16)18-5-7-4-17-7/h1-3,7,10H,4-5H2/t7-,10+/m1/s1. The number of rotatable bonds is 4. The number of alkyl halides is 3. The Labute approximate surface area is 109 Å². The van der Waals surface area contributed by atoms with Gasteiger partial charge in [-0.1, -0.05) is 6.07 Å². The molecule has 0 saturated carbocycles. The molecule has 0 aromatic heterocycles. The average molecular weight is 329 g/mol. The van der Waals surface area contributed by atoms with Crippen molar-refractivity contribution < 1.29 is 27.0 Å². The first-order valence-electron chi connectivity index (χ1n) is 5.13. The van der Waals surface area contributed by atoms with E-state index in [4.69, 9.17) is 9.47 Å². The van der Waals surface area contributed by atoms with Gasteiger partial charge in [-0.05, 0) is 33.6 Å². The summed E-state index contributed by atoms with van der Waals surface area (Å²) in [5, 5.41) is 0. The molecule has 7 heteroatoms. The van der Waals surface area contributed by atoms with E-state index >= 15 is 0 Å². The Balaban J connectivity index is 2.17. The second kappa shape index (κ2) is 5.14. The van der Waals surface area contributed by atoms with E-state index in [9.17, 15) is 17.6 Å². The Hall–Kier alpha value is -0.660. The van der Waals surface area contributed by atoms with Gasteiger partial charge in [-0.25, -0.2) is 4.39 Å². The highest BCUT2D eigenvalue weighted by molar-refractivity contribution is 9.10. The highest BCUT2D eigenvalue weighted by Gasteiger charge is 2.43. The third-order valence-corrected chi connectivity index (χ3v) is 3.00. The number of ether oxygens (including phenoxy) is 2. The van der Waals surface area contributed by atoms with E-state index in [1.54, 1.807) is 0 Å². The maximum absolute atomic E-state index is 13.0. The quantitative estimate of drug-likeness (QED) is 0.622. The zero-order chi connectivity index (χ0) is 13.3. The van der Waals surface area contributed by atoms with Crippen molar-refractivity contribution in [2.24, 2.45) is 0 Å². The smallest absolute Gasteiger partial charge is 0.371 e. The maximum atomic E-state index is 13.0. The lowest BCUT2D eigenvalue weighted by Gasteiger charge is -2.21. The van der Waals surface area contributed by atoms with Crippen molar-refractivity contribution in [3.63, 3.8) is 0 Å². The summed E-state index contributed by atoms with van der Waals surface area (Å²) in [5.41, 5.74) is -0.142. The Morgan fingerprint density at radius 2 is 2.11 bits per heavy atom. The maximum Gasteiger partial charge on any atom is 0.418 e. The number of epoxide rings is 1. The van der Waals surface area contributed by atoms with Crippen LogP contribution in [0, 0.1) is 5.82 Å². The van der Waals surface area contributed by atoms with Crippen LogP contribution in [0.15, 0.2) is 22.7 Å². The Bertz CT molecular complexity index is 432. The van der Waals surface area contributed by atoms with Crippen LogP contribution in [0.5, 0.6) is 0 Å². The van der Waals surface area contributed by atoms with Crippen molar-refractivity contribution in [1.82, 2.24) is 0 Å². The second-order valence-electron chi connectivity index (χ2n) is 3.88. The molecule has 0 amide bonds. The first-order valence-corrected chi connectivity index (χ1v) is 5.92. The van der Waals surface area contributed by atoms with Gasteiger partial charge in [-0.3, -0.25) is 0 Å². The van der Waals surface area contributed by atoms with Crippen LogP contribution >= 0.6 is 15.9 Å². The van der Waals surface area contributed by atoms with Crippen LogP contribution in [-0.4, -0.2) is 25.5 Å². The van der Waals surface area contributed by atoms with E-state index in [-0.39, 0.29) is 22.7 Å². The van der Waals surface area contributed by atoms with Crippen LogP contribution in [0.2, 0.25) is 0 Å². The van der Waals surface area contributed by atoms with Crippen LogP contribution in [0.25, 0.3) is 0 Å². The molecule has 1 saturated heterocycles. The van der Waals surface area contributed by atoms with Crippen LogP contribution in [0.3, 0.4) is 0 Å². The van der Waals surface area contributed by atoms with Gasteiger partial charge in [-0.15, -0.1) is 0 Å². The normalized spacial score (nSPS) is 20.8. The summed E-state index contributed by atoms with van der Waals surface area (Å²) in [4.78, 5) is 0. The SMILES string of the molecule is Fc1ccc([C@H](OC[C@H]2CO2)C(F)(F)F)cc1Br. The van der Waals surface area contributed by atoms with Crippen LogP contribution in [-0.2, 0) is 9.47 Å². The molecule has 0 N–H and O–H groups in total. The molecular weight excluding hydrogens is 320 g/mol. The topological polar surface area (TPSA) is 21.8 Å². The molecule has 1 fully saturated rings. The summed E-state index contributed by atoms with van der Waals surface area (Å²) in [6, 6.07) is 3.10. The molecule has 2 nitrogen and oxygen atoms in total. The number of halogens is 5. The summed E-state index contributed by atoms with van der Waals surface area (Å²) < 4.78 is 61.1. The summed E-state index contributed by atoms with van der Waals surface area (Å²) in [7, 11) is 0. The Morgan fingerprint density at radius 3 is 2.61 bits per heavy atom. The van der Waals surface area contributed by atoms with Gasteiger partial charge in [0.1, 0.15) is 11.9 Å². The summed E-state index contributed by atoms with van der Waals surface area (Å²) >= 11 is 2.85. The third kappa shape index (κ3) is 3.43. The molecular formula is C11H9BrF4O2. The van der Waals surface area contributed by atoms with Gasteiger partial charge in [0.15, 0.2) is 6.10 Å². The number of hydrogen-bond donors (Lipinski definition) is 0. The van der Waals surface area contributed by atoms with E-state index in [0.717, 1.165) is 18.2 Å². The van der Waals surface area contributed by atoms with Gasteiger partial charge >= 0.3 is 6.18 Å². The molecule has 1 aromatic rings. The van der Waals surface area contributed by atoms with Crippen molar-refractivity contribution in [3.8, 4) is 0 Å². The van der Waals surface area contributed by atoms with Crippen molar-refractivity contribution in [1.29, 1.82) is 0 Å². The lowest BCUT2D eigenvalue weighted by atomic mass is 10.1. The van der Waals surface area contributed by atoms with Crippen molar-refractivity contribution in [3.05, 3.63) is 34.1 Å². The molecule has 0 radical (unpaired) electrons. The van der Waals surface area contributed by atoms with Crippen molar-refractivity contribution >= 4 is 15.9 Å². The minimum atomic E-state index is -4.55. The molecule has 1 heterocycles. The van der Waals surface area contributed by atoms with E-state index < -0.39 is 18.1 Å². The third-order valence-electron chi connectivity index (χ3n) is 2.39. The monoisotopic (exact) mass is 328 g/mol. The second-order valence-corrected chi connectivity index (χ2v) is 4.74. The zero-order valence-electron chi connectivity index (χ0n) is 9.01. The molecule has 0 spiro atoms. The van der Waals surface area contributed by atoms with Gasteiger partial charge in [0.05, 0.1) is 17.7 Å². The van der Waals surface area contributed by atoms with Crippen LogP contribution in [0.1, 0.15) is 11.7 Å². The zero-order valence-corrected chi connectivity index (χ0v) is 10.6. The molecule has 0 bridgehead atoms. The van der Waals surface area contributed by atoms with E-state index in [2.05, 4.69) is 15.9 Å². The molecule has 100 valence electrons. The Kier molecular flexibility index (Phi) is 3.93. The van der Waals surface area contributed by atoms with E-state index in [1.807, 2.05) is 0 Å². The van der Waals surface area contributed by atoms with Gasteiger partial charge in [0.2, 0.25) is 0 Å². The minimum Gasteiger partial charge on any atom is -0.371 e. The predicted octanol–water partition coefficient (Wildman–Crippen LogP) is 3.61. The first kappa shape index (κ1) is 13.8. The first-order chi connectivity index (χ1) is 8.38. The van der Waals surface area contributed by atoms with Crippen molar-refractivity contribution in [2.45, 2.75) is 18.4 Å². The fourth-order valence-electron chi connectivity index (χ4n) is 1.42. The van der Waals surface area contributed by atoms with E-state index in [0.29, 0.717) is 6.61 Å². The predicted molar refractivity (Wildman–Crippen MR) is 58.6 cm³/mol. The molecule has 18 heavy (non-hydrogen) atoms. The molecule has 1 aliphatic heterocycles. The Morgan fingerprint density at radius 1 is 1.44 bits per heavy atom. The van der Waals surface area contributed by atoms with Gasteiger partial charge in [0, 0.05) is 0 Å². The molecule has 1 aliphatic rings. The molecule has 1 aromatic carbocycles. The molecule has 0 unspecified atom stereocenters. The summed E-state index contributed by atoms with van der Waals surface area (Å²) in [5.74, 6) is -0.620. The van der Waals surface area contributed by atoms with Crippen molar-refractivity contribution in [2.75, 3.05) is 13.2 Å². The highest BCUT2D eigenvalue weighted by Crippen LogP contribution is 2.37. The highest BCUT2D eigenvalue weighted by atomic mass is 79.9. The largest absolute Gasteiger partial charge is 0.418 e. The molecule has 2 atom stereocenters. The van der Waals surface area contributed by atoms with Gasteiger partial charge in [-0.2, -0.15) is 13.2 Å². The minimum absolute atomic E-state index is 0.0273. The summed E-state index contributed by atoms with van der Waals surface area (Å²) in [6.07, 6.45) is -6.89. The fourth-order valence-corrected chi connectivity index (χ4v) is 1.82. The van der Waals surface area contributed by atoms with Gasteiger partial charge < -0.3 is 9.47 Å². The molecule has 0 aliphatic carbocycles. The van der Waals surface area contributed by atoms with E-state index in [1.165, 1.54) is 0 Å². The average Bonchev–Trinajstić information content (AvgIpc) is 3.05. The van der Waals surface area contributed by atoms with Crippen LogP contribution < -0.4 is 0 Å². The number of benzene rings is 1. The van der Waals surface area contributed by atoms with Gasteiger partial charge in [0.25, 0.3) is 0 Å². The lowest BCUT2D eigenvalue weighted by Crippen LogP contribution is -2.25. The summed E-state index contributed by atoms with van der Waals surface area (Å²) in [6.45, 7) is 0.289.